The van der Waals surface area contributed by atoms with Gasteiger partial charge < -0.3 is 10.5 Å². The van der Waals surface area contributed by atoms with Gasteiger partial charge in [-0.05, 0) is 31.9 Å². The van der Waals surface area contributed by atoms with Gasteiger partial charge in [0, 0.05) is 27.9 Å². The highest BCUT2D eigenvalue weighted by Crippen LogP contribution is 2.59. The zero-order valence-corrected chi connectivity index (χ0v) is 11.9. The van der Waals surface area contributed by atoms with Crippen molar-refractivity contribution in [1.82, 2.24) is 0 Å². The summed E-state index contributed by atoms with van der Waals surface area (Å²) in [7, 11) is 0. The van der Waals surface area contributed by atoms with E-state index in [4.69, 9.17) is 10.5 Å². The second-order valence-electron chi connectivity index (χ2n) is 5.89. The first-order valence-electron chi connectivity index (χ1n) is 6.18. The van der Waals surface area contributed by atoms with E-state index in [0.717, 1.165) is 22.2 Å². The summed E-state index contributed by atoms with van der Waals surface area (Å²) in [5.41, 5.74) is 7.63. The summed E-state index contributed by atoms with van der Waals surface area (Å²) in [5, 5.41) is 0. The lowest BCUT2D eigenvalue weighted by atomic mass is 9.78. The Balaban J connectivity index is 2.02. The lowest BCUT2D eigenvalue weighted by molar-refractivity contribution is -0.00898. The van der Waals surface area contributed by atoms with E-state index in [9.17, 15) is 0 Å². The number of fused-ring (bicyclic) bond motifs is 1. The smallest absolute Gasteiger partial charge is 0.126 e. The fraction of sp³-hybridized carbons (Fsp3) is 0.571. The van der Waals surface area contributed by atoms with Gasteiger partial charge in [0.15, 0.2) is 0 Å². The predicted octanol–water partition coefficient (Wildman–Crippen LogP) is 3.79. The van der Waals surface area contributed by atoms with Gasteiger partial charge in [-0.2, -0.15) is 0 Å². The van der Waals surface area contributed by atoms with Gasteiger partial charge in [-0.25, -0.2) is 0 Å². The van der Waals surface area contributed by atoms with Gasteiger partial charge in [-0.1, -0.05) is 28.9 Å². The zero-order chi connectivity index (χ0) is 12.3. The molecule has 0 spiro atoms. The SMILES string of the molecule is CC1(C2(C)CC(N)c3ccc(Br)cc3O2)CC1. The van der Waals surface area contributed by atoms with Crippen LogP contribution in [0.1, 0.15) is 44.7 Å². The molecule has 17 heavy (non-hydrogen) atoms. The summed E-state index contributed by atoms with van der Waals surface area (Å²) in [4.78, 5) is 0. The molecule has 3 rings (SSSR count). The van der Waals surface area contributed by atoms with E-state index in [1.54, 1.807) is 0 Å². The monoisotopic (exact) mass is 295 g/mol. The molecule has 92 valence electrons. The van der Waals surface area contributed by atoms with Crippen LogP contribution >= 0.6 is 15.9 Å². The van der Waals surface area contributed by atoms with E-state index < -0.39 is 0 Å². The van der Waals surface area contributed by atoms with Crippen molar-refractivity contribution in [2.45, 2.75) is 44.8 Å². The molecule has 1 fully saturated rings. The number of halogens is 1. The average Bonchev–Trinajstić information content (AvgIpc) is 2.97. The molecule has 2 atom stereocenters. The zero-order valence-electron chi connectivity index (χ0n) is 10.3. The van der Waals surface area contributed by atoms with Gasteiger partial charge >= 0.3 is 0 Å². The lowest BCUT2D eigenvalue weighted by Gasteiger charge is -2.43. The largest absolute Gasteiger partial charge is 0.487 e. The normalized spacial score (nSPS) is 33.8. The highest BCUT2D eigenvalue weighted by molar-refractivity contribution is 9.10. The predicted molar refractivity (Wildman–Crippen MR) is 72.1 cm³/mol. The molecule has 1 aliphatic carbocycles. The summed E-state index contributed by atoms with van der Waals surface area (Å²) in [6.07, 6.45) is 3.41. The Kier molecular flexibility index (Phi) is 2.37. The Bertz CT molecular complexity index is 469. The van der Waals surface area contributed by atoms with Crippen molar-refractivity contribution in [3.8, 4) is 5.75 Å². The number of rotatable bonds is 1. The summed E-state index contributed by atoms with van der Waals surface area (Å²) in [5.74, 6) is 0.953. The maximum Gasteiger partial charge on any atom is 0.126 e. The summed E-state index contributed by atoms with van der Waals surface area (Å²) >= 11 is 3.49. The Morgan fingerprint density at radius 2 is 2.06 bits per heavy atom. The molecule has 2 aliphatic rings. The van der Waals surface area contributed by atoms with Gasteiger partial charge in [0.1, 0.15) is 11.4 Å². The quantitative estimate of drug-likeness (QED) is 0.855. The van der Waals surface area contributed by atoms with E-state index in [1.807, 2.05) is 12.1 Å². The second kappa shape index (κ2) is 3.48. The maximum absolute atomic E-state index is 6.30. The fourth-order valence-corrected chi connectivity index (χ4v) is 3.14. The van der Waals surface area contributed by atoms with Crippen molar-refractivity contribution < 1.29 is 4.74 Å². The minimum Gasteiger partial charge on any atom is -0.487 e. The Morgan fingerprint density at radius 3 is 2.71 bits per heavy atom. The Hall–Kier alpha value is -0.540. The van der Waals surface area contributed by atoms with Crippen molar-refractivity contribution in [3.63, 3.8) is 0 Å². The van der Waals surface area contributed by atoms with Crippen LogP contribution in [0.5, 0.6) is 5.75 Å². The molecule has 3 heteroatoms. The summed E-state index contributed by atoms with van der Waals surface area (Å²) in [6.45, 7) is 4.52. The first kappa shape index (κ1) is 11.5. The van der Waals surface area contributed by atoms with Crippen LogP contribution in [0, 0.1) is 5.41 Å². The molecule has 0 bridgehead atoms. The van der Waals surface area contributed by atoms with Crippen LogP contribution in [-0.2, 0) is 0 Å². The molecule has 2 unspecified atom stereocenters. The average molecular weight is 296 g/mol. The number of nitrogens with two attached hydrogens (primary N) is 1. The first-order valence-corrected chi connectivity index (χ1v) is 6.97. The Morgan fingerprint density at radius 1 is 1.35 bits per heavy atom. The molecule has 1 heterocycles. The number of ether oxygens (including phenoxy) is 1. The highest BCUT2D eigenvalue weighted by Gasteiger charge is 2.57. The molecule has 2 nitrogen and oxygen atoms in total. The maximum atomic E-state index is 6.30. The minimum absolute atomic E-state index is 0.0919. The van der Waals surface area contributed by atoms with Crippen LogP contribution in [-0.4, -0.2) is 5.60 Å². The standard InChI is InChI=1S/C14H18BrNO/c1-13(5-6-13)14(2)8-11(16)10-4-3-9(15)7-12(10)17-14/h3-4,7,11H,5-6,8,16H2,1-2H3. The molecule has 1 aromatic carbocycles. The van der Waals surface area contributed by atoms with E-state index >= 15 is 0 Å². The molecule has 0 aromatic heterocycles. The molecule has 0 saturated heterocycles. The van der Waals surface area contributed by atoms with Crippen molar-refractivity contribution in [3.05, 3.63) is 28.2 Å². The minimum atomic E-state index is -0.111. The van der Waals surface area contributed by atoms with Crippen LogP contribution in [0.4, 0.5) is 0 Å². The van der Waals surface area contributed by atoms with Crippen LogP contribution in [0.25, 0.3) is 0 Å². The van der Waals surface area contributed by atoms with Crippen molar-refractivity contribution in [2.24, 2.45) is 11.1 Å². The van der Waals surface area contributed by atoms with E-state index in [-0.39, 0.29) is 11.6 Å². The van der Waals surface area contributed by atoms with Gasteiger partial charge in [0.05, 0.1) is 0 Å². The van der Waals surface area contributed by atoms with Crippen LogP contribution in [0.3, 0.4) is 0 Å². The van der Waals surface area contributed by atoms with Crippen LogP contribution in [0.15, 0.2) is 22.7 Å². The topological polar surface area (TPSA) is 35.2 Å². The van der Waals surface area contributed by atoms with Crippen molar-refractivity contribution >= 4 is 15.9 Å². The molecule has 2 N–H and O–H groups in total. The molecule has 1 aromatic rings. The molecular formula is C14H18BrNO. The third-order valence-electron chi connectivity index (χ3n) is 4.60. The second-order valence-corrected chi connectivity index (χ2v) is 6.80. The highest BCUT2D eigenvalue weighted by atomic mass is 79.9. The molecular weight excluding hydrogens is 278 g/mol. The number of hydrogen-bond donors (Lipinski definition) is 1. The van der Waals surface area contributed by atoms with Gasteiger partial charge in [0.2, 0.25) is 0 Å². The molecule has 0 radical (unpaired) electrons. The van der Waals surface area contributed by atoms with Crippen LogP contribution in [0.2, 0.25) is 0 Å². The first-order chi connectivity index (χ1) is 7.94. The third-order valence-corrected chi connectivity index (χ3v) is 5.09. The molecule has 0 amide bonds. The number of hydrogen-bond acceptors (Lipinski definition) is 2. The van der Waals surface area contributed by atoms with Gasteiger partial charge in [-0.15, -0.1) is 0 Å². The number of benzene rings is 1. The van der Waals surface area contributed by atoms with Crippen molar-refractivity contribution in [1.29, 1.82) is 0 Å². The molecule has 1 saturated carbocycles. The summed E-state index contributed by atoms with van der Waals surface area (Å²) in [6, 6.07) is 6.23. The Labute approximate surface area is 111 Å². The van der Waals surface area contributed by atoms with Gasteiger partial charge in [-0.3, -0.25) is 0 Å². The third kappa shape index (κ3) is 1.71. The lowest BCUT2D eigenvalue weighted by Crippen LogP contribution is -2.46. The van der Waals surface area contributed by atoms with Gasteiger partial charge in [0.25, 0.3) is 0 Å². The fourth-order valence-electron chi connectivity index (χ4n) is 2.80. The van der Waals surface area contributed by atoms with E-state index in [2.05, 4.69) is 35.8 Å². The summed E-state index contributed by atoms with van der Waals surface area (Å²) < 4.78 is 7.34. The van der Waals surface area contributed by atoms with E-state index in [1.165, 1.54) is 12.8 Å². The van der Waals surface area contributed by atoms with E-state index in [0.29, 0.717) is 5.41 Å². The molecule has 1 aliphatic heterocycles. The van der Waals surface area contributed by atoms with Crippen molar-refractivity contribution in [2.75, 3.05) is 0 Å². The van der Waals surface area contributed by atoms with Crippen LogP contribution < -0.4 is 10.5 Å².